The van der Waals surface area contributed by atoms with Gasteiger partial charge >= 0.3 is 0 Å². The third-order valence-electron chi connectivity index (χ3n) is 1.34. The summed E-state index contributed by atoms with van der Waals surface area (Å²) < 4.78 is 5.16. The van der Waals surface area contributed by atoms with Gasteiger partial charge in [-0.05, 0) is 24.3 Å². The number of benzene rings is 1. The molecule has 1 rings (SSSR count). The third kappa shape index (κ3) is 2.62. The molecule has 0 heterocycles. The van der Waals surface area contributed by atoms with Crippen molar-refractivity contribution in [3.05, 3.63) is 24.3 Å². The van der Waals surface area contributed by atoms with Gasteiger partial charge in [-0.1, -0.05) is 0 Å². The normalized spacial score (nSPS) is 9.33. The van der Waals surface area contributed by atoms with E-state index in [-0.39, 0.29) is 5.75 Å². The number of phenols is 1. The minimum atomic E-state index is 0.206. The fourth-order valence-corrected chi connectivity index (χ4v) is 0.767. The van der Waals surface area contributed by atoms with Crippen LogP contribution in [-0.4, -0.2) is 18.0 Å². The number of hydrogen-bond donors (Lipinski definition) is 1. The molecule has 0 aromatic heterocycles. The van der Waals surface area contributed by atoms with Gasteiger partial charge in [-0.2, -0.15) is 0 Å². The van der Waals surface area contributed by atoms with Crippen LogP contribution in [0.2, 0.25) is 0 Å². The van der Waals surface area contributed by atoms with Crippen molar-refractivity contribution in [2.45, 2.75) is 6.42 Å². The molecule has 0 aliphatic heterocycles. The molecule has 12 heavy (non-hydrogen) atoms. The molecule has 0 unspecified atom stereocenters. The monoisotopic (exact) mass is 166 g/mol. The maximum absolute atomic E-state index is 9.93. The number of ether oxygens (including phenoxy) is 1. The minimum Gasteiger partial charge on any atom is -0.508 e. The van der Waals surface area contributed by atoms with E-state index in [1.165, 1.54) is 12.1 Å². The molecule has 3 nitrogen and oxygen atoms in total. The fourth-order valence-electron chi connectivity index (χ4n) is 0.767. The van der Waals surface area contributed by atoms with E-state index in [2.05, 4.69) is 0 Å². The van der Waals surface area contributed by atoms with Gasteiger partial charge in [-0.3, -0.25) is 0 Å². The van der Waals surface area contributed by atoms with Gasteiger partial charge in [0, 0.05) is 6.42 Å². The summed E-state index contributed by atoms with van der Waals surface area (Å²) in [5.41, 5.74) is 0. The molecule has 0 aliphatic carbocycles. The number of carbonyl (C=O) groups excluding carboxylic acids is 1. The summed E-state index contributed by atoms with van der Waals surface area (Å²) in [7, 11) is 0. The van der Waals surface area contributed by atoms with Crippen LogP contribution in [0.25, 0.3) is 0 Å². The predicted molar refractivity (Wildman–Crippen MR) is 44.3 cm³/mol. The number of hydrogen-bond acceptors (Lipinski definition) is 3. The van der Waals surface area contributed by atoms with Crippen molar-refractivity contribution >= 4 is 6.29 Å². The Morgan fingerprint density at radius 3 is 2.58 bits per heavy atom. The zero-order chi connectivity index (χ0) is 8.81. The van der Waals surface area contributed by atoms with Gasteiger partial charge in [0.2, 0.25) is 0 Å². The Hall–Kier alpha value is -1.51. The maximum Gasteiger partial charge on any atom is 0.123 e. The van der Waals surface area contributed by atoms with Gasteiger partial charge < -0.3 is 14.6 Å². The Kier molecular flexibility index (Phi) is 3.14. The second-order valence-corrected chi connectivity index (χ2v) is 2.30. The quantitative estimate of drug-likeness (QED) is 0.542. The smallest absolute Gasteiger partial charge is 0.123 e. The lowest BCUT2D eigenvalue weighted by Gasteiger charge is -2.02. The molecule has 0 atom stereocenters. The van der Waals surface area contributed by atoms with Crippen molar-refractivity contribution in [2.24, 2.45) is 0 Å². The van der Waals surface area contributed by atoms with E-state index in [9.17, 15) is 4.79 Å². The Morgan fingerprint density at radius 2 is 2.00 bits per heavy atom. The van der Waals surface area contributed by atoms with Crippen LogP contribution < -0.4 is 4.74 Å². The van der Waals surface area contributed by atoms with Crippen molar-refractivity contribution in [2.75, 3.05) is 6.61 Å². The molecule has 64 valence electrons. The Balaban J connectivity index is 2.42. The first kappa shape index (κ1) is 8.59. The third-order valence-corrected chi connectivity index (χ3v) is 1.34. The van der Waals surface area contributed by atoms with Crippen LogP contribution in [0.5, 0.6) is 11.5 Å². The molecule has 1 aromatic carbocycles. The van der Waals surface area contributed by atoms with Gasteiger partial charge in [0.05, 0.1) is 6.61 Å². The van der Waals surface area contributed by atoms with Crippen LogP contribution in [0.3, 0.4) is 0 Å². The molecule has 0 amide bonds. The van der Waals surface area contributed by atoms with E-state index in [0.717, 1.165) is 6.29 Å². The highest BCUT2D eigenvalue weighted by molar-refractivity contribution is 5.49. The number of aromatic hydroxyl groups is 1. The van der Waals surface area contributed by atoms with Crippen LogP contribution in [0.1, 0.15) is 6.42 Å². The van der Waals surface area contributed by atoms with E-state index < -0.39 is 0 Å². The van der Waals surface area contributed by atoms with Gasteiger partial charge in [0.25, 0.3) is 0 Å². The van der Waals surface area contributed by atoms with Gasteiger partial charge in [0.1, 0.15) is 17.8 Å². The Labute approximate surface area is 70.6 Å². The second-order valence-electron chi connectivity index (χ2n) is 2.30. The minimum absolute atomic E-state index is 0.206. The summed E-state index contributed by atoms with van der Waals surface area (Å²) in [4.78, 5) is 9.93. The van der Waals surface area contributed by atoms with E-state index in [4.69, 9.17) is 9.84 Å². The molecule has 0 bridgehead atoms. The highest BCUT2D eigenvalue weighted by atomic mass is 16.5. The van der Waals surface area contributed by atoms with Crippen molar-refractivity contribution < 1.29 is 14.6 Å². The van der Waals surface area contributed by atoms with Gasteiger partial charge in [0.15, 0.2) is 0 Å². The van der Waals surface area contributed by atoms with Gasteiger partial charge in [-0.15, -0.1) is 0 Å². The summed E-state index contributed by atoms with van der Waals surface area (Å²) >= 11 is 0. The molecule has 3 heteroatoms. The Bertz CT molecular complexity index is 240. The number of phenolic OH excluding ortho intramolecular Hbond substituents is 1. The van der Waals surface area contributed by atoms with Crippen LogP contribution in [0, 0.1) is 0 Å². The lowest BCUT2D eigenvalue weighted by molar-refractivity contribution is -0.108. The van der Waals surface area contributed by atoms with E-state index >= 15 is 0 Å². The van der Waals surface area contributed by atoms with Crippen LogP contribution >= 0.6 is 0 Å². The topological polar surface area (TPSA) is 46.5 Å². The number of carbonyl (C=O) groups is 1. The average molecular weight is 166 g/mol. The molecular formula is C9H10O3. The SMILES string of the molecule is O=CCCOc1ccc(O)cc1. The zero-order valence-corrected chi connectivity index (χ0v) is 6.56. The first-order chi connectivity index (χ1) is 5.83. The summed E-state index contributed by atoms with van der Waals surface area (Å²) in [5.74, 6) is 0.868. The molecule has 0 aliphatic rings. The highest BCUT2D eigenvalue weighted by Gasteiger charge is 1.92. The molecule has 0 saturated heterocycles. The molecule has 1 aromatic rings. The standard InChI is InChI=1S/C9H10O3/c10-6-1-7-12-9-4-2-8(11)3-5-9/h2-6,11H,1,7H2. The van der Waals surface area contributed by atoms with Crippen LogP contribution in [0.15, 0.2) is 24.3 Å². The summed E-state index contributed by atoms with van der Waals surface area (Å²) in [6.07, 6.45) is 1.20. The van der Waals surface area contributed by atoms with Crippen molar-refractivity contribution in [3.63, 3.8) is 0 Å². The largest absolute Gasteiger partial charge is 0.508 e. The summed E-state index contributed by atoms with van der Waals surface area (Å²) in [6, 6.07) is 6.38. The van der Waals surface area contributed by atoms with E-state index in [1.54, 1.807) is 12.1 Å². The number of aldehydes is 1. The second kappa shape index (κ2) is 4.38. The Morgan fingerprint density at radius 1 is 1.33 bits per heavy atom. The number of rotatable bonds is 4. The van der Waals surface area contributed by atoms with Crippen molar-refractivity contribution in [3.8, 4) is 11.5 Å². The van der Waals surface area contributed by atoms with Crippen LogP contribution in [-0.2, 0) is 4.79 Å². The molecule has 1 N–H and O–H groups in total. The van der Waals surface area contributed by atoms with Crippen molar-refractivity contribution in [1.29, 1.82) is 0 Å². The molecule has 0 spiro atoms. The first-order valence-corrected chi connectivity index (χ1v) is 3.68. The highest BCUT2D eigenvalue weighted by Crippen LogP contribution is 2.15. The molecular weight excluding hydrogens is 156 g/mol. The first-order valence-electron chi connectivity index (χ1n) is 3.68. The predicted octanol–water partition coefficient (Wildman–Crippen LogP) is 1.36. The fraction of sp³-hybridized carbons (Fsp3) is 0.222. The van der Waals surface area contributed by atoms with Crippen LogP contribution in [0.4, 0.5) is 0 Å². The van der Waals surface area contributed by atoms with Gasteiger partial charge in [-0.25, -0.2) is 0 Å². The average Bonchev–Trinajstić information content (AvgIpc) is 2.09. The molecule has 0 saturated carbocycles. The zero-order valence-electron chi connectivity index (χ0n) is 6.56. The summed E-state index contributed by atoms with van der Waals surface area (Å²) in [6.45, 7) is 0.383. The van der Waals surface area contributed by atoms with E-state index in [0.29, 0.717) is 18.8 Å². The van der Waals surface area contributed by atoms with E-state index in [1.807, 2.05) is 0 Å². The molecule has 0 fully saturated rings. The maximum atomic E-state index is 9.93. The lowest BCUT2D eigenvalue weighted by Crippen LogP contribution is -1.96. The molecule has 0 radical (unpaired) electrons. The van der Waals surface area contributed by atoms with Crippen molar-refractivity contribution in [1.82, 2.24) is 0 Å². The lowest BCUT2D eigenvalue weighted by atomic mass is 10.3. The summed E-state index contributed by atoms with van der Waals surface area (Å²) in [5, 5.41) is 8.92.